The van der Waals surface area contributed by atoms with E-state index >= 15 is 0 Å². The number of hydrogen-bond donors (Lipinski definition) is 0. The van der Waals surface area contributed by atoms with Crippen LogP contribution in [0.1, 0.15) is 11.1 Å². The number of hydrogen-bond acceptors (Lipinski definition) is 5. The average molecular weight is 408 g/mol. The first-order valence-corrected chi connectivity index (χ1v) is 10.7. The Morgan fingerprint density at radius 1 is 0.885 bits per heavy atom. The summed E-state index contributed by atoms with van der Waals surface area (Å²) in [4.78, 5) is -0.715. The molecule has 142 valence electrons. The highest BCUT2D eigenvalue weighted by Crippen LogP contribution is 2.29. The molecule has 0 spiro atoms. The zero-order valence-corrected chi connectivity index (χ0v) is 15.2. The van der Waals surface area contributed by atoms with E-state index in [4.69, 9.17) is 4.74 Å². The van der Waals surface area contributed by atoms with Gasteiger partial charge in [-0.25, -0.2) is 16.8 Å². The standard InChI is InChI=1S/C16H15F3O5S2/c1-25(20,21)14-4-2-3-5-15(14)26(22,23)11-24-10-12-6-8-13(9-7-12)16(17,18)19/h2-9H,10-11H2,1H3. The first-order chi connectivity index (χ1) is 11.9. The first kappa shape index (κ1) is 20.4. The fourth-order valence-corrected chi connectivity index (χ4v) is 4.82. The third kappa shape index (κ3) is 5.05. The van der Waals surface area contributed by atoms with Crippen molar-refractivity contribution in [3.8, 4) is 0 Å². The van der Waals surface area contributed by atoms with Crippen LogP contribution < -0.4 is 0 Å². The molecule has 2 aromatic carbocycles. The fraction of sp³-hybridized carbons (Fsp3) is 0.250. The molecule has 2 rings (SSSR count). The predicted molar refractivity (Wildman–Crippen MR) is 87.8 cm³/mol. The molecule has 0 bridgehead atoms. The lowest BCUT2D eigenvalue weighted by molar-refractivity contribution is -0.137. The summed E-state index contributed by atoms with van der Waals surface area (Å²) < 4.78 is 90.6. The maximum Gasteiger partial charge on any atom is 0.416 e. The Kier molecular flexibility index (Phi) is 5.79. The zero-order valence-electron chi connectivity index (χ0n) is 13.5. The van der Waals surface area contributed by atoms with Crippen LogP contribution in [0.3, 0.4) is 0 Å². The van der Waals surface area contributed by atoms with Crippen LogP contribution in [0.2, 0.25) is 0 Å². The van der Waals surface area contributed by atoms with Crippen molar-refractivity contribution in [1.82, 2.24) is 0 Å². The van der Waals surface area contributed by atoms with E-state index in [1.807, 2.05) is 0 Å². The molecule has 0 aromatic heterocycles. The molecular formula is C16H15F3O5S2. The van der Waals surface area contributed by atoms with Crippen molar-refractivity contribution in [2.75, 3.05) is 12.2 Å². The van der Waals surface area contributed by atoms with Crippen molar-refractivity contribution in [3.05, 3.63) is 59.7 Å². The highest BCUT2D eigenvalue weighted by Gasteiger charge is 2.30. The van der Waals surface area contributed by atoms with Gasteiger partial charge in [-0.1, -0.05) is 24.3 Å². The molecule has 2 aromatic rings. The van der Waals surface area contributed by atoms with Crippen LogP contribution in [0, 0.1) is 0 Å². The maximum absolute atomic E-state index is 12.5. The summed E-state index contributed by atoms with van der Waals surface area (Å²) >= 11 is 0. The lowest BCUT2D eigenvalue weighted by atomic mass is 10.1. The number of rotatable bonds is 6. The Balaban J connectivity index is 2.10. The van der Waals surface area contributed by atoms with Gasteiger partial charge in [0.15, 0.2) is 15.8 Å². The van der Waals surface area contributed by atoms with Gasteiger partial charge in [0.05, 0.1) is 22.0 Å². The molecule has 0 radical (unpaired) electrons. The molecular weight excluding hydrogens is 393 g/mol. The van der Waals surface area contributed by atoms with Gasteiger partial charge in [0.25, 0.3) is 0 Å². The van der Waals surface area contributed by atoms with E-state index in [1.54, 1.807) is 0 Å². The van der Waals surface area contributed by atoms with Gasteiger partial charge < -0.3 is 4.74 Å². The number of ether oxygens (including phenoxy) is 1. The van der Waals surface area contributed by atoms with Crippen molar-refractivity contribution < 1.29 is 34.7 Å². The van der Waals surface area contributed by atoms with E-state index in [0.717, 1.165) is 24.5 Å². The van der Waals surface area contributed by atoms with Crippen molar-refractivity contribution in [2.45, 2.75) is 22.6 Å². The van der Waals surface area contributed by atoms with Gasteiger partial charge >= 0.3 is 6.18 Å². The molecule has 0 heterocycles. The Morgan fingerprint density at radius 3 is 1.92 bits per heavy atom. The molecule has 0 N–H and O–H groups in total. The second kappa shape index (κ2) is 7.37. The van der Waals surface area contributed by atoms with Crippen LogP contribution in [0.5, 0.6) is 0 Å². The Morgan fingerprint density at radius 2 is 1.42 bits per heavy atom. The molecule has 0 fully saturated rings. The van der Waals surface area contributed by atoms with E-state index in [9.17, 15) is 30.0 Å². The first-order valence-electron chi connectivity index (χ1n) is 7.17. The summed E-state index contributed by atoms with van der Waals surface area (Å²) in [5.74, 6) is -0.805. The van der Waals surface area contributed by atoms with Crippen molar-refractivity contribution in [1.29, 1.82) is 0 Å². The molecule has 5 nitrogen and oxygen atoms in total. The van der Waals surface area contributed by atoms with E-state index in [2.05, 4.69) is 0 Å². The van der Waals surface area contributed by atoms with Crippen molar-refractivity contribution >= 4 is 19.7 Å². The quantitative estimate of drug-likeness (QED) is 0.734. The topological polar surface area (TPSA) is 77.5 Å². The third-order valence-electron chi connectivity index (χ3n) is 3.37. The minimum Gasteiger partial charge on any atom is -0.360 e. The molecule has 26 heavy (non-hydrogen) atoms. The van der Waals surface area contributed by atoms with E-state index in [0.29, 0.717) is 5.56 Å². The number of alkyl halides is 3. The Labute approximate surface area is 149 Å². The Hall–Kier alpha value is -1.91. The summed E-state index contributed by atoms with van der Waals surface area (Å²) in [6.45, 7) is -0.238. The predicted octanol–water partition coefficient (Wildman–Crippen LogP) is 3.06. The van der Waals surface area contributed by atoms with E-state index < -0.39 is 37.4 Å². The maximum atomic E-state index is 12.5. The molecule has 0 saturated heterocycles. The Bertz CT molecular complexity index is 979. The SMILES string of the molecule is CS(=O)(=O)c1ccccc1S(=O)(=O)COCc1ccc(C(F)(F)F)cc1. The lowest BCUT2D eigenvalue weighted by Gasteiger charge is -2.10. The third-order valence-corrected chi connectivity index (χ3v) is 6.16. The van der Waals surface area contributed by atoms with Crippen molar-refractivity contribution in [3.63, 3.8) is 0 Å². The normalized spacial score (nSPS) is 12.9. The molecule has 0 aliphatic carbocycles. The lowest BCUT2D eigenvalue weighted by Crippen LogP contribution is -2.14. The van der Waals surface area contributed by atoms with Crippen LogP contribution in [0.4, 0.5) is 13.2 Å². The molecule has 0 aliphatic rings. The van der Waals surface area contributed by atoms with E-state index in [-0.39, 0.29) is 16.4 Å². The second-order valence-electron chi connectivity index (χ2n) is 5.49. The highest BCUT2D eigenvalue weighted by molar-refractivity contribution is 7.94. The summed E-state index contributed by atoms with van der Waals surface area (Å²) in [5.41, 5.74) is -0.472. The molecule has 0 aliphatic heterocycles. The van der Waals surface area contributed by atoms with Gasteiger partial charge in [-0.15, -0.1) is 0 Å². The van der Waals surface area contributed by atoms with Gasteiger partial charge in [0.1, 0.15) is 0 Å². The minimum atomic E-state index is -4.46. The largest absolute Gasteiger partial charge is 0.416 e. The summed E-state index contributed by atoms with van der Waals surface area (Å²) in [6, 6.07) is 9.22. The van der Waals surface area contributed by atoms with Gasteiger partial charge in [-0.3, -0.25) is 0 Å². The molecule has 0 saturated carbocycles. The van der Waals surface area contributed by atoms with Crippen molar-refractivity contribution in [2.24, 2.45) is 0 Å². The summed E-state index contributed by atoms with van der Waals surface area (Å²) in [7, 11) is -7.81. The highest BCUT2D eigenvalue weighted by atomic mass is 32.2. The second-order valence-corrected chi connectivity index (χ2v) is 9.38. The molecule has 0 atom stereocenters. The summed E-state index contributed by atoms with van der Waals surface area (Å²) in [5, 5.41) is 0. The smallest absolute Gasteiger partial charge is 0.360 e. The number of benzene rings is 2. The van der Waals surface area contributed by atoms with Gasteiger partial charge in [-0.2, -0.15) is 13.2 Å². The number of sulfone groups is 2. The van der Waals surface area contributed by atoms with E-state index in [1.165, 1.54) is 30.3 Å². The molecule has 0 amide bonds. The minimum absolute atomic E-state index is 0.238. The fourth-order valence-electron chi connectivity index (χ4n) is 2.14. The molecule has 0 unspecified atom stereocenters. The van der Waals surface area contributed by atoms with Crippen LogP contribution in [0.25, 0.3) is 0 Å². The van der Waals surface area contributed by atoms with Gasteiger partial charge in [0.2, 0.25) is 9.84 Å². The van der Waals surface area contributed by atoms with Gasteiger partial charge in [0, 0.05) is 6.26 Å². The van der Waals surface area contributed by atoms with Crippen LogP contribution >= 0.6 is 0 Å². The van der Waals surface area contributed by atoms with Crippen LogP contribution in [0.15, 0.2) is 58.3 Å². The van der Waals surface area contributed by atoms with Crippen LogP contribution in [-0.2, 0) is 37.2 Å². The van der Waals surface area contributed by atoms with Gasteiger partial charge in [-0.05, 0) is 29.8 Å². The summed E-state index contributed by atoms with van der Waals surface area (Å²) in [6.07, 6.45) is -3.57. The molecule has 10 heteroatoms. The zero-order chi connectivity index (χ0) is 19.6. The average Bonchev–Trinajstić information content (AvgIpc) is 2.53. The monoisotopic (exact) mass is 408 g/mol. The number of halogens is 3. The van der Waals surface area contributed by atoms with Crippen LogP contribution in [-0.4, -0.2) is 29.0 Å².